The van der Waals surface area contributed by atoms with Crippen molar-refractivity contribution in [2.75, 3.05) is 0 Å². The van der Waals surface area contributed by atoms with Crippen LogP contribution in [0.1, 0.15) is 0 Å². The van der Waals surface area contributed by atoms with Crippen molar-refractivity contribution in [1.82, 2.24) is 27.4 Å². The highest BCUT2D eigenvalue weighted by Crippen LogP contribution is 2.50. The quantitative estimate of drug-likeness (QED) is 0.130. The fraction of sp³-hybridized carbons (Fsp3) is 0. The molecule has 0 atom stereocenters. The van der Waals surface area contributed by atoms with Crippen LogP contribution in [0.2, 0.25) is 0 Å². The topological polar surface area (TPSA) is 69.0 Å². The number of aromatic nitrogens is 6. The van der Waals surface area contributed by atoms with Crippen molar-refractivity contribution in [2.24, 2.45) is 0 Å². The third-order valence-electron chi connectivity index (χ3n) is 30.4. The zero-order valence-electron chi connectivity index (χ0n) is 79.6. The first-order valence-corrected chi connectivity index (χ1v) is 50.2. The molecule has 0 saturated carbocycles. The van der Waals surface area contributed by atoms with E-state index in [1.807, 2.05) is 36.4 Å². The lowest BCUT2D eigenvalue weighted by molar-refractivity contribution is 0.669. The number of rotatable bonds is 11. The molecule has 0 saturated heterocycles. The molecule has 0 unspecified atom stereocenters. The summed E-state index contributed by atoms with van der Waals surface area (Å²) in [5.41, 5.74) is 38.3. The molecule has 0 fully saturated rings. The molecule has 0 radical (unpaired) electrons. The molecule has 23 aromatic carbocycles. The van der Waals surface area contributed by atoms with Crippen LogP contribution in [0, 0.1) is 0 Å². The van der Waals surface area contributed by atoms with Crippen LogP contribution in [0.3, 0.4) is 0 Å². The average molecular weight is 1880 g/mol. The van der Waals surface area contributed by atoms with Gasteiger partial charge in [0.2, 0.25) is 0 Å². The normalized spacial score (nSPS) is 11.9. The van der Waals surface area contributed by atoms with Gasteiger partial charge in [-0.25, -0.2) is 0 Å². The molecule has 0 aliphatic carbocycles. The first-order chi connectivity index (χ1) is 73.0. The van der Waals surface area contributed by atoms with Crippen LogP contribution in [0.25, 0.3) is 286 Å². The van der Waals surface area contributed by atoms with Gasteiger partial charge in [0.1, 0.15) is 33.5 Å². The molecule has 686 valence electrons. The molecule has 9 heteroatoms. The van der Waals surface area contributed by atoms with Crippen LogP contribution in [0.5, 0.6) is 0 Å². The molecule has 0 aliphatic heterocycles. The minimum atomic E-state index is 0.914. The molecule has 32 rings (SSSR count). The molecule has 0 spiro atoms. The van der Waals surface area contributed by atoms with E-state index in [0.717, 1.165) is 133 Å². The first-order valence-electron chi connectivity index (χ1n) is 50.2. The summed E-state index contributed by atoms with van der Waals surface area (Å²) in [6.45, 7) is 0. The number of fused-ring (bicyclic) bond motifs is 30. The Hall–Kier alpha value is -19.7. The molecule has 9 heterocycles. The average Bonchev–Trinajstić information content (AvgIpc) is 1.55. The Bertz CT molecular complexity index is 10900. The summed E-state index contributed by atoms with van der Waals surface area (Å²) in [4.78, 5) is 0. The highest BCUT2D eigenvalue weighted by atomic mass is 16.3. The third kappa shape index (κ3) is 13.1. The Balaban J connectivity index is 0.000000102. The maximum atomic E-state index is 6.41. The van der Waals surface area contributed by atoms with E-state index in [2.05, 4.69) is 513 Å². The third-order valence-corrected chi connectivity index (χ3v) is 30.4. The van der Waals surface area contributed by atoms with Gasteiger partial charge in [0.15, 0.2) is 0 Å². The van der Waals surface area contributed by atoms with E-state index in [1.54, 1.807) is 0 Å². The van der Waals surface area contributed by atoms with Gasteiger partial charge >= 0.3 is 0 Å². The zero-order chi connectivity index (χ0) is 96.4. The van der Waals surface area contributed by atoms with Gasteiger partial charge in [0.25, 0.3) is 0 Å². The van der Waals surface area contributed by atoms with Crippen molar-refractivity contribution in [2.45, 2.75) is 0 Å². The van der Waals surface area contributed by atoms with Crippen LogP contribution in [-0.4, -0.2) is 27.4 Å². The molecule has 0 N–H and O–H groups in total. The summed E-state index contributed by atoms with van der Waals surface area (Å²) in [6.07, 6.45) is 0. The molecule has 147 heavy (non-hydrogen) atoms. The second-order valence-corrected chi connectivity index (χ2v) is 38.3. The number of hydrogen-bond donors (Lipinski definition) is 0. The maximum Gasteiger partial charge on any atom is 0.143 e. The van der Waals surface area contributed by atoms with E-state index < -0.39 is 0 Å². The Morgan fingerprint density at radius 2 is 0.354 bits per heavy atom. The fourth-order valence-electron chi connectivity index (χ4n) is 23.9. The molecule has 9 nitrogen and oxygen atoms in total. The van der Waals surface area contributed by atoms with Crippen LogP contribution >= 0.6 is 0 Å². The summed E-state index contributed by atoms with van der Waals surface area (Å²) >= 11 is 0. The summed E-state index contributed by atoms with van der Waals surface area (Å²) in [7, 11) is 0. The number of benzene rings is 23. The number of para-hydroxylation sites is 13. The Kier molecular flexibility index (Phi) is 18.9. The van der Waals surface area contributed by atoms with Crippen molar-refractivity contribution in [3.63, 3.8) is 0 Å². The maximum absolute atomic E-state index is 6.41. The molecule has 0 amide bonds. The first kappa shape index (κ1) is 83.1. The second-order valence-electron chi connectivity index (χ2n) is 38.3. The van der Waals surface area contributed by atoms with Crippen LogP contribution in [0.15, 0.2) is 535 Å². The van der Waals surface area contributed by atoms with Gasteiger partial charge in [-0.05, 0) is 185 Å². The van der Waals surface area contributed by atoms with Crippen LogP contribution in [-0.2, 0) is 0 Å². The summed E-state index contributed by atoms with van der Waals surface area (Å²) in [5, 5.41) is 21.8. The van der Waals surface area contributed by atoms with E-state index in [4.69, 9.17) is 13.3 Å². The SMILES string of the molecule is c1ccc(-c2ccc(-n3c4ccccc4c4c3ccc3c5ccccc5n(-c5ccc(-c6cccc7c6oc6ccccc67)cc5)c34)cc2)cc1.c1ccc(-c2cccc(-n3c4ccccc4c4c3ccc3c5ccccc5n(-c5ccc(-c6cccc7c6oc6ccccc67)cc5)c34)c2)cc1.c1ccc(-n2c3ccccc3c3c2ccc2c4ccccc4n(-c4ccc(-c5cccc6c5oc5ccccc56)cc4)c23)cc1. The number of hydrogen-bond acceptors (Lipinski definition) is 3. The second kappa shape index (κ2) is 33.5. The lowest BCUT2D eigenvalue weighted by Crippen LogP contribution is -1.96. The van der Waals surface area contributed by atoms with Gasteiger partial charge in [-0.15, -0.1) is 0 Å². The fourth-order valence-corrected chi connectivity index (χ4v) is 23.9. The van der Waals surface area contributed by atoms with Crippen molar-refractivity contribution in [3.05, 3.63) is 522 Å². The molecule has 32 aromatic rings. The standard InChI is InChI=1S/2C48H30N2O.C42H26N2O/c1-2-12-31(13-3-1)33-14-10-15-35(30-33)49-43-22-8-5-18-41(43)46-44(49)29-28-39-37-16-4-7-21-42(37)50(47(39)46)34-26-24-32(25-27-34)36-19-11-20-40-38-17-6-9-23-45(38)51-48(36)40;1-2-11-31(12-3-1)32-21-25-34(26-22-32)49-43-19-8-5-15-41(43)46-44(49)30-29-39-37-13-4-7-18-42(37)50(47(39)46)35-27-23-33(24-28-35)36-16-10-17-40-38-14-6-9-20-45(38)51-48(36)40;1-2-11-28(12-3-1)43-37-19-8-5-15-35(37)40-38(43)26-25-33-31-13-4-7-18-36(31)44(41(33)40)29-23-21-27(22-24-29)30-16-10-17-34-32-14-6-9-20-39(32)45-42(30)34/h2*1-30H;1-26H. The van der Waals surface area contributed by atoms with Crippen molar-refractivity contribution >= 4 is 197 Å². The van der Waals surface area contributed by atoms with Gasteiger partial charge in [-0.2, -0.15) is 0 Å². The van der Waals surface area contributed by atoms with Gasteiger partial charge < -0.3 is 40.7 Å². The molecule has 0 bridgehead atoms. The van der Waals surface area contributed by atoms with Crippen molar-refractivity contribution in [3.8, 4) is 89.8 Å². The van der Waals surface area contributed by atoms with E-state index in [9.17, 15) is 0 Å². The highest BCUT2D eigenvalue weighted by molar-refractivity contribution is 6.30. The number of furan rings is 3. The summed E-state index contributed by atoms with van der Waals surface area (Å²) in [6, 6.07) is 187. The van der Waals surface area contributed by atoms with Crippen molar-refractivity contribution in [1.29, 1.82) is 0 Å². The van der Waals surface area contributed by atoms with Gasteiger partial charge in [0, 0.05) is 148 Å². The molecular formula is C138H86N6O3. The number of nitrogens with zero attached hydrogens (tertiary/aromatic N) is 6. The lowest BCUT2D eigenvalue weighted by Gasteiger charge is -2.12. The molecular weight excluding hydrogens is 1790 g/mol. The van der Waals surface area contributed by atoms with E-state index in [0.29, 0.717) is 0 Å². The predicted molar refractivity (Wildman–Crippen MR) is 614 cm³/mol. The Morgan fingerprint density at radius 3 is 0.701 bits per heavy atom. The van der Waals surface area contributed by atoms with E-state index in [-0.39, 0.29) is 0 Å². The van der Waals surface area contributed by atoms with Gasteiger partial charge in [-0.1, -0.05) is 376 Å². The minimum Gasteiger partial charge on any atom is -0.455 e. The van der Waals surface area contributed by atoms with E-state index >= 15 is 0 Å². The highest BCUT2D eigenvalue weighted by Gasteiger charge is 2.28. The molecule has 9 aromatic heterocycles. The van der Waals surface area contributed by atoms with Gasteiger partial charge in [-0.3, -0.25) is 0 Å². The van der Waals surface area contributed by atoms with Crippen LogP contribution in [0.4, 0.5) is 0 Å². The van der Waals surface area contributed by atoms with Crippen LogP contribution < -0.4 is 0 Å². The lowest BCUT2D eigenvalue weighted by atomic mass is 10.0. The predicted octanol–water partition coefficient (Wildman–Crippen LogP) is 37.7. The van der Waals surface area contributed by atoms with Gasteiger partial charge in [0.05, 0.1) is 66.2 Å². The monoisotopic (exact) mass is 1870 g/mol. The van der Waals surface area contributed by atoms with E-state index in [1.165, 1.54) is 153 Å². The summed E-state index contributed by atoms with van der Waals surface area (Å²) < 4.78 is 33.8. The minimum absolute atomic E-state index is 0.914. The molecule has 0 aliphatic rings. The summed E-state index contributed by atoms with van der Waals surface area (Å²) in [5.74, 6) is 0. The Morgan fingerprint density at radius 1 is 0.122 bits per heavy atom. The zero-order valence-corrected chi connectivity index (χ0v) is 79.6. The Labute approximate surface area is 842 Å². The van der Waals surface area contributed by atoms with Crippen molar-refractivity contribution < 1.29 is 13.3 Å². The largest absolute Gasteiger partial charge is 0.455 e. The smallest absolute Gasteiger partial charge is 0.143 e.